The number of rotatable bonds is 9. The minimum absolute atomic E-state index is 0.0191. The molecule has 0 aliphatic rings. The van der Waals surface area contributed by atoms with Gasteiger partial charge in [-0.15, -0.1) is 0 Å². The zero-order chi connectivity index (χ0) is 15.7. The van der Waals surface area contributed by atoms with E-state index in [1.807, 2.05) is 32.0 Å². The van der Waals surface area contributed by atoms with Crippen LogP contribution in [0.25, 0.3) is 0 Å². The molecule has 0 spiro atoms. The monoisotopic (exact) mass is 294 g/mol. The molecule has 0 bridgehead atoms. The Bertz CT molecular complexity index is 449. The van der Waals surface area contributed by atoms with Gasteiger partial charge in [0.2, 0.25) is 0 Å². The fourth-order valence-electron chi connectivity index (χ4n) is 1.93. The first kappa shape index (κ1) is 17.3. The van der Waals surface area contributed by atoms with Crippen molar-refractivity contribution in [2.45, 2.75) is 39.2 Å². The minimum Gasteiger partial charge on any atom is -0.493 e. The molecule has 0 aromatic heterocycles. The average molecular weight is 294 g/mol. The molecule has 0 radical (unpaired) electrons. The summed E-state index contributed by atoms with van der Waals surface area (Å²) in [6, 6.07) is 5.74. The van der Waals surface area contributed by atoms with Crippen LogP contribution in [0.2, 0.25) is 0 Å². The summed E-state index contributed by atoms with van der Waals surface area (Å²) in [5.74, 6) is 1.10. The maximum absolute atomic E-state index is 11.7. The molecule has 118 valence electrons. The zero-order valence-corrected chi connectivity index (χ0v) is 13.1. The molecule has 1 rings (SSSR count). The highest BCUT2D eigenvalue weighted by Gasteiger charge is 2.14. The molecule has 0 saturated heterocycles. The summed E-state index contributed by atoms with van der Waals surface area (Å²) in [6.07, 6.45) is 2.48. The van der Waals surface area contributed by atoms with E-state index in [0.29, 0.717) is 24.5 Å². The lowest BCUT2D eigenvalue weighted by Crippen LogP contribution is -2.29. The van der Waals surface area contributed by atoms with Crippen molar-refractivity contribution in [1.29, 1.82) is 0 Å². The number of carbonyl (C=O) groups excluding carboxylic acids is 1. The number of nitrogens with two attached hydrogens (primary N) is 1. The van der Waals surface area contributed by atoms with Crippen LogP contribution in [0.15, 0.2) is 18.2 Å². The van der Waals surface area contributed by atoms with Crippen LogP contribution in [0, 0.1) is 0 Å². The summed E-state index contributed by atoms with van der Waals surface area (Å²) in [4.78, 5) is 11.7. The van der Waals surface area contributed by atoms with Crippen molar-refractivity contribution in [3.8, 4) is 11.5 Å². The van der Waals surface area contributed by atoms with Crippen LogP contribution >= 0.6 is 0 Å². The second-order valence-corrected chi connectivity index (χ2v) is 4.96. The third-order valence-electron chi connectivity index (χ3n) is 3.21. The van der Waals surface area contributed by atoms with E-state index in [9.17, 15) is 4.79 Å². The Morgan fingerprint density at radius 1 is 1.38 bits per heavy atom. The number of amides is 1. The Balaban J connectivity index is 2.79. The highest BCUT2D eigenvalue weighted by atomic mass is 16.5. The molecule has 1 unspecified atom stereocenters. The van der Waals surface area contributed by atoms with Crippen molar-refractivity contribution in [3.05, 3.63) is 23.8 Å². The highest BCUT2D eigenvalue weighted by Crippen LogP contribution is 2.31. The Hall–Kier alpha value is -1.75. The van der Waals surface area contributed by atoms with Crippen LogP contribution in [0.5, 0.6) is 11.5 Å². The van der Waals surface area contributed by atoms with Gasteiger partial charge in [0.1, 0.15) is 0 Å². The molecule has 1 aromatic carbocycles. The third kappa shape index (κ3) is 5.63. The summed E-state index contributed by atoms with van der Waals surface area (Å²) in [6.45, 7) is 4.69. The molecular weight excluding hydrogens is 268 g/mol. The Kier molecular flexibility index (Phi) is 7.61. The fourth-order valence-corrected chi connectivity index (χ4v) is 1.93. The van der Waals surface area contributed by atoms with E-state index < -0.39 is 0 Å². The van der Waals surface area contributed by atoms with Gasteiger partial charge in [-0.25, -0.2) is 0 Å². The second-order valence-electron chi connectivity index (χ2n) is 4.96. The number of carbonyl (C=O) groups is 1. The van der Waals surface area contributed by atoms with Gasteiger partial charge in [-0.2, -0.15) is 0 Å². The highest BCUT2D eigenvalue weighted by molar-refractivity contribution is 5.77. The molecule has 0 aliphatic heterocycles. The van der Waals surface area contributed by atoms with Gasteiger partial charge >= 0.3 is 0 Å². The number of hydrogen-bond donors (Lipinski definition) is 2. The van der Waals surface area contributed by atoms with Crippen LogP contribution in [-0.2, 0) is 11.2 Å². The van der Waals surface area contributed by atoms with Crippen molar-refractivity contribution in [2.75, 3.05) is 20.3 Å². The Labute approximate surface area is 126 Å². The predicted molar refractivity (Wildman–Crippen MR) is 83.8 cm³/mol. The number of nitrogens with one attached hydrogen (secondary N) is 1. The maximum Gasteiger partial charge on any atom is 0.257 e. The van der Waals surface area contributed by atoms with E-state index >= 15 is 0 Å². The summed E-state index contributed by atoms with van der Waals surface area (Å²) in [5.41, 5.74) is 6.98. The summed E-state index contributed by atoms with van der Waals surface area (Å²) < 4.78 is 11.0. The summed E-state index contributed by atoms with van der Waals surface area (Å²) >= 11 is 0. The molecule has 0 saturated carbocycles. The van der Waals surface area contributed by atoms with Crippen LogP contribution in [0.4, 0.5) is 0 Å². The molecular formula is C16H26N2O3. The van der Waals surface area contributed by atoms with Gasteiger partial charge in [0.05, 0.1) is 7.11 Å². The van der Waals surface area contributed by atoms with E-state index in [2.05, 4.69) is 5.32 Å². The molecule has 0 aliphatic carbocycles. The van der Waals surface area contributed by atoms with Crippen LogP contribution in [0.1, 0.15) is 32.3 Å². The molecule has 3 N–H and O–H groups in total. The first-order valence-corrected chi connectivity index (χ1v) is 7.43. The normalized spacial score (nSPS) is 11.8. The van der Waals surface area contributed by atoms with Crippen molar-refractivity contribution >= 4 is 5.91 Å². The number of benzene rings is 1. The molecule has 1 aromatic rings. The Morgan fingerprint density at radius 2 is 2.14 bits per heavy atom. The number of ether oxygens (including phenoxy) is 2. The van der Waals surface area contributed by atoms with Crippen LogP contribution in [0.3, 0.4) is 0 Å². The van der Waals surface area contributed by atoms with E-state index in [4.69, 9.17) is 15.2 Å². The van der Waals surface area contributed by atoms with Crippen molar-refractivity contribution in [1.82, 2.24) is 5.32 Å². The maximum atomic E-state index is 11.7. The third-order valence-corrected chi connectivity index (χ3v) is 3.21. The molecule has 1 atom stereocenters. The largest absolute Gasteiger partial charge is 0.493 e. The van der Waals surface area contributed by atoms with Crippen LogP contribution in [-0.4, -0.2) is 32.2 Å². The molecule has 1 amide bonds. The van der Waals surface area contributed by atoms with E-state index in [1.54, 1.807) is 7.11 Å². The number of para-hydroxylation sites is 1. The van der Waals surface area contributed by atoms with Gasteiger partial charge in [0.15, 0.2) is 18.1 Å². The van der Waals surface area contributed by atoms with Gasteiger partial charge in [-0.3, -0.25) is 4.79 Å². The van der Waals surface area contributed by atoms with Crippen LogP contribution < -0.4 is 20.5 Å². The molecule has 5 nitrogen and oxygen atoms in total. The molecule has 21 heavy (non-hydrogen) atoms. The smallest absolute Gasteiger partial charge is 0.257 e. The zero-order valence-electron chi connectivity index (χ0n) is 13.1. The van der Waals surface area contributed by atoms with Gasteiger partial charge in [-0.05, 0) is 30.9 Å². The lowest BCUT2D eigenvalue weighted by molar-refractivity contribution is -0.123. The lowest BCUT2D eigenvalue weighted by atomic mass is 10.0. The van der Waals surface area contributed by atoms with E-state index in [-0.39, 0.29) is 18.6 Å². The molecule has 0 heterocycles. The molecule has 0 fully saturated rings. The van der Waals surface area contributed by atoms with Gasteiger partial charge in [0.25, 0.3) is 5.91 Å². The standard InChI is InChI=1S/C16H26N2O3/c1-4-9-18-15(19)11-21-16-12(10-13(17)5-2)7-6-8-14(16)20-3/h6-8,13H,4-5,9-11,17H2,1-3H3,(H,18,19). The first-order chi connectivity index (χ1) is 10.1. The Morgan fingerprint density at radius 3 is 2.76 bits per heavy atom. The van der Waals surface area contributed by atoms with E-state index in [1.165, 1.54) is 0 Å². The van der Waals surface area contributed by atoms with Gasteiger partial charge in [0, 0.05) is 12.6 Å². The van der Waals surface area contributed by atoms with E-state index in [0.717, 1.165) is 18.4 Å². The van der Waals surface area contributed by atoms with Crippen molar-refractivity contribution in [3.63, 3.8) is 0 Å². The van der Waals surface area contributed by atoms with Crippen molar-refractivity contribution in [2.24, 2.45) is 5.73 Å². The van der Waals surface area contributed by atoms with Gasteiger partial charge in [-0.1, -0.05) is 26.0 Å². The molecule has 5 heteroatoms. The fraction of sp³-hybridized carbons (Fsp3) is 0.562. The van der Waals surface area contributed by atoms with Gasteiger partial charge < -0.3 is 20.5 Å². The number of methoxy groups -OCH3 is 1. The predicted octanol–water partition coefficient (Wildman–Crippen LogP) is 1.88. The minimum atomic E-state index is -0.131. The lowest BCUT2D eigenvalue weighted by Gasteiger charge is -2.17. The average Bonchev–Trinajstić information content (AvgIpc) is 2.51. The first-order valence-electron chi connectivity index (χ1n) is 7.43. The second kappa shape index (κ2) is 9.23. The SMILES string of the molecule is CCCNC(=O)COc1c(CC(N)CC)cccc1OC. The quantitative estimate of drug-likeness (QED) is 0.729. The summed E-state index contributed by atoms with van der Waals surface area (Å²) in [7, 11) is 1.59. The number of hydrogen-bond acceptors (Lipinski definition) is 4. The van der Waals surface area contributed by atoms with Crippen molar-refractivity contribution < 1.29 is 14.3 Å². The topological polar surface area (TPSA) is 73.6 Å². The summed E-state index contributed by atoms with van der Waals surface area (Å²) in [5, 5.41) is 2.78.